The molecule has 1 aromatic carbocycles. The smallest absolute Gasteiger partial charge is 0.297 e. The molecule has 0 aliphatic rings. The zero-order valence-corrected chi connectivity index (χ0v) is 13.4. The van der Waals surface area contributed by atoms with Crippen LogP contribution in [0.25, 0.3) is 0 Å². The Morgan fingerprint density at radius 3 is 2.20 bits per heavy atom. The second kappa shape index (κ2) is 6.29. The molecule has 110 valence electrons. The van der Waals surface area contributed by atoms with Crippen molar-refractivity contribution in [2.45, 2.75) is 38.7 Å². The number of hydrogen-bond donors (Lipinski definition) is 0. The third kappa shape index (κ3) is 3.75. The summed E-state index contributed by atoms with van der Waals surface area (Å²) in [5.74, 6) is 2.56. The Morgan fingerprint density at radius 2 is 1.80 bits per heavy atom. The lowest BCUT2D eigenvalue weighted by Crippen LogP contribution is -2.19. The highest BCUT2D eigenvalue weighted by Crippen LogP contribution is 2.28. The molecule has 0 radical (unpaired) electrons. The van der Waals surface area contributed by atoms with Crippen LogP contribution in [0.4, 0.5) is 5.69 Å². The molecule has 0 fully saturated rings. The zero-order valence-electron chi connectivity index (χ0n) is 12.6. The van der Waals surface area contributed by atoms with Gasteiger partial charge >= 0.3 is 0 Å². The van der Waals surface area contributed by atoms with Gasteiger partial charge in [0.15, 0.2) is 0 Å². The van der Waals surface area contributed by atoms with Crippen LogP contribution in [-0.2, 0) is 14.3 Å². The fraction of sp³-hybridized carbons (Fsp3) is 0.467. The first kappa shape index (κ1) is 16.5. The molecule has 1 aromatic rings. The summed E-state index contributed by atoms with van der Waals surface area (Å²) in [5, 5.41) is 0. The van der Waals surface area contributed by atoms with E-state index in [-0.39, 0.29) is 11.0 Å². The maximum Gasteiger partial charge on any atom is 0.297 e. The Hall–Kier alpha value is -1.51. The van der Waals surface area contributed by atoms with Crippen molar-refractivity contribution >= 4 is 15.8 Å². The minimum absolute atomic E-state index is 0.240. The molecule has 0 aliphatic carbocycles. The standard InChI is InChI=1S/C15H21NO3S/c1-7-8-16(6)14-9-12(4)15(13(5)10-14)20(17,18)19-11(2)3/h1,9-11H,8H2,2-6H3. The highest BCUT2D eigenvalue weighted by molar-refractivity contribution is 7.86. The molecule has 0 saturated heterocycles. The molecule has 4 nitrogen and oxygen atoms in total. The van der Waals surface area contributed by atoms with Gasteiger partial charge in [-0.15, -0.1) is 6.42 Å². The number of hydrogen-bond acceptors (Lipinski definition) is 4. The van der Waals surface area contributed by atoms with E-state index in [0.717, 1.165) is 5.69 Å². The lowest BCUT2D eigenvalue weighted by molar-refractivity contribution is 0.248. The summed E-state index contributed by atoms with van der Waals surface area (Å²) in [6, 6.07) is 3.61. The molecular formula is C15H21NO3S. The molecule has 0 N–H and O–H groups in total. The van der Waals surface area contributed by atoms with Gasteiger partial charge in [0.25, 0.3) is 10.1 Å². The van der Waals surface area contributed by atoms with Gasteiger partial charge in [-0.3, -0.25) is 4.18 Å². The van der Waals surface area contributed by atoms with Crippen LogP contribution < -0.4 is 4.90 Å². The van der Waals surface area contributed by atoms with Crippen LogP contribution in [0.3, 0.4) is 0 Å². The summed E-state index contributed by atoms with van der Waals surface area (Å²) < 4.78 is 29.5. The van der Waals surface area contributed by atoms with Gasteiger partial charge in [-0.05, 0) is 51.0 Å². The van der Waals surface area contributed by atoms with E-state index >= 15 is 0 Å². The minimum atomic E-state index is -3.73. The fourth-order valence-corrected chi connectivity index (χ4v) is 3.58. The van der Waals surface area contributed by atoms with Crippen LogP contribution in [0.2, 0.25) is 0 Å². The van der Waals surface area contributed by atoms with Gasteiger partial charge in [0.1, 0.15) is 4.90 Å². The lowest BCUT2D eigenvalue weighted by Gasteiger charge is -2.20. The van der Waals surface area contributed by atoms with E-state index < -0.39 is 10.1 Å². The van der Waals surface area contributed by atoms with Gasteiger partial charge in [-0.2, -0.15) is 8.42 Å². The van der Waals surface area contributed by atoms with Crippen molar-refractivity contribution in [1.29, 1.82) is 0 Å². The van der Waals surface area contributed by atoms with Gasteiger partial charge in [0.2, 0.25) is 0 Å². The van der Waals surface area contributed by atoms with Crippen molar-refractivity contribution in [1.82, 2.24) is 0 Å². The average Bonchev–Trinajstić information content (AvgIpc) is 2.25. The van der Waals surface area contributed by atoms with Crippen LogP contribution in [-0.4, -0.2) is 28.1 Å². The fourth-order valence-electron chi connectivity index (χ4n) is 2.07. The van der Waals surface area contributed by atoms with Crippen LogP contribution >= 0.6 is 0 Å². The van der Waals surface area contributed by atoms with E-state index in [9.17, 15) is 8.42 Å². The summed E-state index contributed by atoms with van der Waals surface area (Å²) >= 11 is 0. The normalized spacial score (nSPS) is 11.4. The van der Waals surface area contributed by atoms with Crippen LogP contribution in [0.15, 0.2) is 17.0 Å². The number of anilines is 1. The van der Waals surface area contributed by atoms with Crippen LogP contribution in [0.1, 0.15) is 25.0 Å². The zero-order chi connectivity index (χ0) is 15.5. The Bertz CT molecular complexity index is 604. The van der Waals surface area contributed by atoms with Crippen molar-refractivity contribution in [3.05, 3.63) is 23.3 Å². The average molecular weight is 295 g/mol. The van der Waals surface area contributed by atoms with Gasteiger partial charge in [0.05, 0.1) is 12.6 Å². The van der Waals surface area contributed by atoms with E-state index in [1.165, 1.54) is 0 Å². The molecule has 1 rings (SSSR count). The number of terminal acetylenes is 1. The Balaban J connectivity index is 3.30. The minimum Gasteiger partial charge on any atom is -0.363 e. The summed E-state index contributed by atoms with van der Waals surface area (Å²) in [6.45, 7) is 7.37. The molecule has 0 unspecified atom stereocenters. The van der Waals surface area contributed by atoms with Crippen molar-refractivity contribution < 1.29 is 12.6 Å². The van der Waals surface area contributed by atoms with E-state index in [4.69, 9.17) is 10.6 Å². The predicted molar refractivity (Wildman–Crippen MR) is 81.4 cm³/mol. The molecule has 5 heteroatoms. The molecular weight excluding hydrogens is 274 g/mol. The molecule has 20 heavy (non-hydrogen) atoms. The van der Waals surface area contributed by atoms with Gasteiger partial charge in [-0.1, -0.05) is 5.92 Å². The van der Waals surface area contributed by atoms with Crippen molar-refractivity contribution in [2.24, 2.45) is 0 Å². The number of nitrogens with zero attached hydrogens (tertiary/aromatic N) is 1. The van der Waals surface area contributed by atoms with E-state index in [1.807, 2.05) is 11.9 Å². The van der Waals surface area contributed by atoms with Crippen molar-refractivity contribution in [3.63, 3.8) is 0 Å². The molecule has 0 atom stereocenters. The Labute approximate surface area is 121 Å². The topological polar surface area (TPSA) is 46.6 Å². The number of benzene rings is 1. The number of aryl methyl sites for hydroxylation is 2. The van der Waals surface area contributed by atoms with E-state index in [1.54, 1.807) is 39.8 Å². The van der Waals surface area contributed by atoms with Crippen LogP contribution in [0.5, 0.6) is 0 Å². The third-order valence-electron chi connectivity index (χ3n) is 2.78. The quantitative estimate of drug-likeness (QED) is 0.618. The first-order valence-electron chi connectivity index (χ1n) is 6.38. The number of rotatable bonds is 5. The predicted octanol–water partition coefficient (Wildman–Crippen LogP) is 2.49. The van der Waals surface area contributed by atoms with E-state index in [2.05, 4.69) is 5.92 Å². The van der Waals surface area contributed by atoms with E-state index in [0.29, 0.717) is 17.7 Å². The van der Waals surface area contributed by atoms with Crippen molar-refractivity contribution in [3.8, 4) is 12.3 Å². The van der Waals surface area contributed by atoms with Gasteiger partial charge in [0, 0.05) is 12.7 Å². The molecule has 0 amide bonds. The second-order valence-electron chi connectivity index (χ2n) is 5.07. The molecule has 0 aliphatic heterocycles. The largest absolute Gasteiger partial charge is 0.363 e. The first-order valence-corrected chi connectivity index (χ1v) is 7.79. The van der Waals surface area contributed by atoms with Crippen LogP contribution in [0, 0.1) is 26.2 Å². The molecule has 0 heterocycles. The summed E-state index contributed by atoms with van der Waals surface area (Å²) in [5.41, 5.74) is 2.20. The monoisotopic (exact) mass is 295 g/mol. The van der Waals surface area contributed by atoms with Gasteiger partial charge in [-0.25, -0.2) is 0 Å². The summed E-state index contributed by atoms with van der Waals surface area (Å²) in [6.07, 6.45) is 4.90. The molecule has 0 spiro atoms. The van der Waals surface area contributed by atoms with Crippen molar-refractivity contribution in [2.75, 3.05) is 18.5 Å². The molecule has 0 bridgehead atoms. The van der Waals surface area contributed by atoms with Gasteiger partial charge < -0.3 is 4.90 Å². The molecule has 0 saturated carbocycles. The second-order valence-corrected chi connectivity index (χ2v) is 6.58. The molecule has 0 aromatic heterocycles. The lowest BCUT2D eigenvalue weighted by atomic mass is 10.1. The summed E-state index contributed by atoms with van der Waals surface area (Å²) in [7, 11) is -1.87. The third-order valence-corrected chi connectivity index (χ3v) is 4.57. The highest BCUT2D eigenvalue weighted by Gasteiger charge is 2.23. The maximum absolute atomic E-state index is 12.2. The Kier molecular flexibility index (Phi) is 5.21. The Morgan fingerprint density at radius 1 is 1.30 bits per heavy atom. The SMILES string of the molecule is C#CCN(C)c1cc(C)c(S(=O)(=O)OC(C)C)c(C)c1. The highest BCUT2D eigenvalue weighted by atomic mass is 32.2. The summed E-state index contributed by atoms with van der Waals surface area (Å²) in [4.78, 5) is 2.13. The first-order chi connectivity index (χ1) is 9.19. The maximum atomic E-state index is 12.2.